The van der Waals surface area contributed by atoms with Gasteiger partial charge in [0.15, 0.2) is 0 Å². The van der Waals surface area contributed by atoms with Gasteiger partial charge in [0.1, 0.15) is 0 Å². The molecule has 0 saturated heterocycles. The van der Waals surface area contributed by atoms with Gasteiger partial charge in [0.2, 0.25) is 0 Å². The fourth-order valence-electron chi connectivity index (χ4n) is 0.899. The van der Waals surface area contributed by atoms with Gasteiger partial charge in [-0.25, -0.2) is 0 Å². The van der Waals surface area contributed by atoms with Crippen LogP contribution >= 0.6 is 0 Å². The van der Waals surface area contributed by atoms with Gasteiger partial charge in [-0.15, -0.1) is 0 Å². The molecule has 0 saturated carbocycles. The maximum atomic E-state index is 4.18. The molecule has 0 aromatic heterocycles. The van der Waals surface area contributed by atoms with Gasteiger partial charge in [0.25, 0.3) is 0 Å². The highest BCUT2D eigenvalue weighted by Crippen LogP contribution is 2.05. The predicted molar refractivity (Wildman–Crippen MR) is 63.6 cm³/mol. The number of allylic oxidation sites excluding steroid dienone is 2. The highest BCUT2D eigenvalue weighted by molar-refractivity contribution is 5.94. The fraction of sp³-hybridized carbons (Fsp3) is 0.750. The fourth-order valence-corrected chi connectivity index (χ4v) is 0.899. The molecule has 0 heterocycles. The first-order chi connectivity index (χ1) is 6.20. The molecule has 0 rings (SSSR count). The van der Waals surface area contributed by atoms with Gasteiger partial charge in [-0.05, 0) is 31.8 Å². The number of rotatable bonds is 4. The quantitative estimate of drug-likeness (QED) is 0.582. The molecule has 0 aliphatic rings. The predicted octanol–water partition coefficient (Wildman–Crippen LogP) is 4.10. The molecule has 1 nitrogen and oxygen atoms in total. The van der Waals surface area contributed by atoms with E-state index < -0.39 is 0 Å². The van der Waals surface area contributed by atoms with E-state index in [9.17, 15) is 0 Å². The molecule has 0 atom stereocenters. The molecule has 1 heteroatoms. The van der Waals surface area contributed by atoms with Crippen molar-refractivity contribution in [3.8, 4) is 0 Å². The van der Waals surface area contributed by atoms with Crippen molar-refractivity contribution in [3.63, 3.8) is 0 Å². The summed E-state index contributed by atoms with van der Waals surface area (Å²) in [4.78, 5) is 4.18. The molecule has 0 aromatic rings. The van der Waals surface area contributed by atoms with Crippen LogP contribution in [0.3, 0.4) is 0 Å². The molecular weight excluding hydrogens is 158 g/mol. The standard InChI is InChI=1S/C10H19N.C2H6/c1-5-6-10(11-4)8-7-9(2)3;1-2/h5-6,9H,7-8H2,1-4H3;1-2H3/b6-5-,11-10?;. The average Bonchev–Trinajstić information content (AvgIpc) is 2.15. The summed E-state index contributed by atoms with van der Waals surface area (Å²) in [6.45, 7) is 10.5. The molecule has 0 unspecified atom stereocenters. The highest BCUT2D eigenvalue weighted by atomic mass is 14.7. The summed E-state index contributed by atoms with van der Waals surface area (Å²) in [6, 6.07) is 0. The van der Waals surface area contributed by atoms with Crippen molar-refractivity contribution < 1.29 is 0 Å². The number of hydrogen-bond donors (Lipinski definition) is 0. The van der Waals surface area contributed by atoms with Gasteiger partial charge >= 0.3 is 0 Å². The topological polar surface area (TPSA) is 12.4 Å². The second-order valence-corrected chi connectivity index (χ2v) is 3.15. The zero-order chi connectivity index (χ0) is 10.7. The first-order valence-electron chi connectivity index (χ1n) is 5.29. The number of hydrogen-bond acceptors (Lipinski definition) is 1. The summed E-state index contributed by atoms with van der Waals surface area (Å²) in [6.07, 6.45) is 6.47. The van der Waals surface area contributed by atoms with Gasteiger partial charge < -0.3 is 0 Å². The Morgan fingerprint density at radius 1 is 1.31 bits per heavy atom. The maximum Gasteiger partial charge on any atom is 0.0341 e. The van der Waals surface area contributed by atoms with E-state index in [0.717, 1.165) is 12.3 Å². The lowest BCUT2D eigenvalue weighted by Crippen LogP contribution is -1.96. The SMILES string of the molecule is C/C=C\C(CCC(C)C)=NC.CC. The molecular formula is C12H25N. The molecule has 0 radical (unpaired) electrons. The molecule has 13 heavy (non-hydrogen) atoms. The highest BCUT2D eigenvalue weighted by Gasteiger charge is 1.96. The van der Waals surface area contributed by atoms with E-state index in [2.05, 4.69) is 24.9 Å². The second-order valence-electron chi connectivity index (χ2n) is 3.15. The van der Waals surface area contributed by atoms with Crippen LogP contribution in [0.25, 0.3) is 0 Å². The van der Waals surface area contributed by atoms with Gasteiger partial charge in [-0.2, -0.15) is 0 Å². The summed E-state index contributed by atoms with van der Waals surface area (Å²) in [5.41, 5.74) is 1.21. The van der Waals surface area contributed by atoms with Crippen molar-refractivity contribution in [2.75, 3.05) is 7.05 Å². The van der Waals surface area contributed by atoms with Crippen LogP contribution in [0.15, 0.2) is 17.1 Å². The van der Waals surface area contributed by atoms with Crippen molar-refractivity contribution in [2.24, 2.45) is 10.9 Å². The first-order valence-corrected chi connectivity index (χ1v) is 5.29. The first kappa shape index (κ1) is 14.9. The Bertz CT molecular complexity index is 143. The molecule has 0 bridgehead atoms. The Morgan fingerprint density at radius 3 is 2.15 bits per heavy atom. The van der Waals surface area contributed by atoms with Gasteiger partial charge in [-0.3, -0.25) is 4.99 Å². The minimum absolute atomic E-state index is 0.775. The molecule has 78 valence electrons. The zero-order valence-corrected chi connectivity index (χ0v) is 10.1. The minimum atomic E-state index is 0.775. The molecule has 0 aliphatic heterocycles. The van der Waals surface area contributed by atoms with Crippen LogP contribution in [0.4, 0.5) is 0 Å². The van der Waals surface area contributed by atoms with Crippen molar-refractivity contribution in [2.45, 2.75) is 47.5 Å². The van der Waals surface area contributed by atoms with E-state index in [1.54, 1.807) is 0 Å². The van der Waals surface area contributed by atoms with E-state index in [0.29, 0.717) is 0 Å². The molecule has 0 aliphatic carbocycles. The summed E-state index contributed by atoms with van der Waals surface area (Å²) < 4.78 is 0. The lowest BCUT2D eigenvalue weighted by Gasteiger charge is -2.03. The molecule has 0 aromatic carbocycles. The Balaban J connectivity index is 0. The Morgan fingerprint density at radius 2 is 1.85 bits per heavy atom. The van der Waals surface area contributed by atoms with Crippen LogP contribution in [0.5, 0.6) is 0 Å². The number of aliphatic imine (C=N–C) groups is 1. The lowest BCUT2D eigenvalue weighted by atomic mass is 10.1. The normalized spacial score (nSPS) is 11.8. The van der Waals surface area contributed by atoms with Crippen molar-refractivity contribution in [1.82, 2.24) is 0 Å². The van der Waals surface area contributed by atoms with Crippen LogP contribution in [0.2, 0.25) is 0 Å². The van der Waals surface area contributed by atoms with E-state index in [1.807, 2.05) is 33.9 Å². The molecule has 0 amide bonds. The minimum Gasteiger partial charge on any atom is -0.293 e. The van der Waals surface area contributed by atoms with Crippen LogP contribution < -0.4 is 0 Å². The van der Waals surface area contributed by atoms with Gasteiger partial charge in [0, 0.05) is 12.8 Å². The average molecular weight is 183 g/mol. The molecule has 0 N–H and O–H groups in total. The largest absolute Gasteiger partial charge is 0.293 e. The smallest absolute Gasteiger partial charge is 0.0341 e. The summed E-state index contributed by atoms with van der Waals surface area (Å²) in [5, 5.41) is 0. The third kappa shape index (κ3) is 11.4. The lowest BCUT2D eigenvalue weighted by molar-refractivity contribution is 0.604. The third-order valence-electron chi connectivity index (χ3n) is 1.62. The van der Waals surface area contributed by atoms with E-state index >= 15 is 0 Å². The van der Waals surface area contributed by atoms with Crippen LogP contribution in [0.1, 0.15) is 47.5 Å². The van der Waals surface area contributed by atoms with E-state index in [4.69, 9.17) is 0 Å². The maximum absolute atomic E-state index is 4.18. The van der Waals surface area contributed by atoms with Gasteiger partial charge in [-0.1, -0.05) is 33.8 Å². The third-order valence-corrected chi connectivity index (χ3v) is 1.62. The Kier molecular flexibility index (Phi) is 13.1. The van der Waals surface area contributed by atoms with Crippen LogP contribution in [0, 0.1) is 5.92 Å². The van der Waals surface area contributed by atoms with Crippen molar-refractivity contribution in [1.29, 1.82) is 0 Å². The van der Waals surface area contributed by atoms with Crippen molar-refractivity contribution >= 4 is 5.71 Å². The Hall–Kier alpha value is -0.590. The monoisotopic (exact) mass is 183 g/mol. The second kappa shape index (κ2) is 11.4. The van der Waals surface area contributed by atoms with Crippen LogP contribution in [-0.2, 0) is 0 Å². The molecule has 0 fully saturated rings. The van der Waals surface area contributed by atoms with E-state index in [1.165, 1.54) is 12.1 Å². The van der Waals surface area contributed by atoms with Gasteiger partial charge in [0.05, 0.1) is 0 Å². The Labute approximate surface area is 84.0 Å². The molecule has 0 spiro atoms. The zero-order valence-electron chi connectivity index (χ0n) is 10.1. The van der Waals surface area contributed by atoms with Crippen molar-refractivity contribution in [3.05, 3.63) is 12.2 Å². The summed E-state index contributed by atoms with van der Waals surface area (Å²) >= 11 is 0. The van der Waals surface area contributed by atoms with E-state index in [-0.39, 0.29) is 0 Å². The summed E-state index contributed by atoms with van der Waals surface area (Å²) in [5.74, 6) is 0.775. The van der Waals surface area contributed by atoms with Crippen LogP contribution in [-0.4, -0.2) is 12.8 Å². The summed E-state index contributed by atoms with van der Waals surface area (Å²) in [7, 11) is 1.86. The number of nitrogens with zero attached hydrogens (tertiary/aromatic N) is 1.